The van der Waals surface area contributed by atoms with Crippen LogP contribution in [0.1, 0.15) is 39.8 Å². The fourth-order valence-corrected chi connectivity index (χ4v) is 2.96. The molecule has 2 N–H and O–H groups in total. The second-order valence-corrected chi connectivity index (χ2v) is 6.56. The first-order chi connectivity index (χ1) is 10.6. The number of hydrogen-bond acceptors (Lipinski definition) is 3. The van der Waals surface area contributed by atoms with E-state index in [2.05, 4.69) is 10.6 Å². The molecule has 5 heteroatoms. The third-order valence-electron chi connectivity index (χ3n) is 3.82. The SMILES string of the molecule is C[C@H](NC(=O)c1cccc(NC(=O)c2cccs2)c1)C1CC1. The molecule has 1 heterocycles. The Morgan fingerprint density at radius 2 is 2.00 bits per heavy atom. The van der Waals surface area contributed by atoms with E-state index in [0.29, 0.717) is 22.0 Å². The van der Waals surface area contributed by atoms with Gasteiger partial charge in [0.1, 0.15) is 0 Å². The Labute approximate surface area is 133 Å². The third kappa shape index (κ3) is 3.54. The van der Waals surface area contributed by atoms with Crippen LogP contribution in [0.2, 0.25) is 0 Å². The van der Waals surface area contributed by atoms with Gasteiger partial charge >= 0.3 is 0 Å². The van der Waals surface area contributed by atoms with Gasteiger partial charge in [0, 0.05) is 17.3 Å². The first-order valence-electron chi connectivity index (χ1n) is 7.39. The third-order valence-corrected chi connectivity index (χ3v) is 4.68. The largest absolute Gasteiger partial charge is 0.349 e. The Morgan fingerprint density at radius 1 is 1.18 bits per heavy atom. The molecule has 0 saturated heterocycles. The van der Waals surface area contributed by atoms with Gasteiger partial charge in [-0.2, -0.15) is 0 Å². The van der Waals surface area contributed by atoms with Crippen LogP contribution in [0.3, 0.4) is 0 Å². The summed E-state index contributed by atoms with van der Waals surface area (Å²) in [5, 5.41) is 7.70. The van der Waals surface area contributed by atoms with Crippen molar-refractivity contribution in [1.82, 2.24) is 5.32 Å². The van der Waals surface area contributed by atoms with Gasteiger partial charge in [0.2, 0.25) is 0 Å². The fourth-order valence-electron chi connectivity index (χ4n) is 2.34. The lowest BCUT2D eigenvalue weighted by Gasteiger charge is -2.13. The summed E-state index contributed by atoms with van der Waals surface area (Å²) in [5.74, 6) is 0.371. The second-order valence-electron chi connectivity index (χ2n) is 5.61. The van der Waals surface area contributed by atoms with Crippen LogP contribution in [0.15, 0.2) is 41.8 Å². The van der Waals surface area contributed by atoms with E-state index in [-0.39, 0.29) is 17.9 Å². The zero-order valence-corrected chi connectivity index (χ0v) is 13.2. The van der Waals surface area contributed by atoms with Crippen molar-refractivity contribution in [3.8, 4) is 0 Å². The van der Waals surface area contributed by atoms with E-state index in [0.717, 1.165) is 0 Å². The molecule has 0 radical (unpaired) electrons. The molecule has 22 heavy (non-hydrogen) atoms. The molecule has 1 aromatic heterocycles. The molecule has 1 fully saturated rings. The molecule has 0 unspecified atom stereocenters. The first kappa shape index (κ1) is 14.8. The standard InChI is InChI=1S/C17H18N2O2S/c1-11(12-7-8-12)18-16(20)13-4-2-5-14(10-13)19-17(21)15-6-3-9-22-15/h2-6,9-12H,7-8H2,1H3,(H,18,20)(H,19,21)/t11-/m0/s1. The minimum atomic E-state index is -0.154. The van der Waals surface area contributed by atoms with E-state index in [9.17, 15) is 9.59 Å². The highest BCUT2D eigenvalue weighted by Crippen LogP contribution is 2.32. The highest BCUT2D eigenvalue weighted by molar-refractivity contribution is 7.12. The van der Waals surface area contributed by atoms with Crippen LogP contribution in [-0.4, -0.2) is 17.9 Å². The summed E-state index contributed by atoms with van der Waals surface area (Å²) in [7, 11) is 0. The molecule has 1 aliphatic carbocycles. The average Bonchev–Trinajstić information content (AvgIpc) is 3.22. The minimum Gasteiger partial charge on any atom is -0.349 e. The number of hydrogen-bond donors (Lipinski definition) is 2. The number of rotatable bonds is 5. The number of carbonyl (C=O) groups excluding carboxylic acids is 2. The summed E-state index contributed by atoms with van der Waals surface area (Å²) < 4.78 is 0. The van der Waals surface area contributed by atoms with Crippen molar-refractivity contribution < 1.29 is 9.59 Å². The highest BCUT2D eigenvalue weighted by Gasteiger charge is 2.29. The van der Waals surface area contributed by atoms with E-state index in [1.807, 2.05) is 18.4 Å². The van der Waals surface area contributed by atoms with E-state index >= 15 is 0 Å². The van der Waals surface area contributed by atoms with Crippen LogP contribution in [-0.2, 0) is 0 Å². The Kier molecular flexibility index (Phi) is 4.24. The molecule has 4 nitrogen and oxygen atoms in total. The van der Waals surface area contributed by atoms with Crippen molar-refractivity contribution in [1.29, 1.82) is 0 Å². The normalized spacial score (nSPS) is 15.1. The van der Waals surface area contributed by atoms with E-state index in [1.54, 1.807) is 30.3 Å². The molecule has 2 amide bonds. The molecular formula is C17H18N2O2S. The number of nitrogens with one attached hydrogen (secondary N) is 2. The van der Waals surface area contributed by atoms with Crippen molar-refractivity contribution in [2.75, 3.05) is 5.32 Å². The summed E-state index contributed by atoms with van der Waals surface area (Å²) in [4.78, 5) is 24.9. The van der Waals surface area contributed by atoms with Gasteiger partial charge in [0.25, 0.3) is 11.8 Å². The van der Waals surface area contributed by atoms with Gasteiger partial charge in [-0.15, -0.1) is 11.3 Å². The maximum absolute atomic E-state index is 12.2. The number of anilines is 1. The van der Waals surface area contributed by atoms with Gasteiger partial charge in [0.05, 0.1) is 4.88 Å². The second kappa shape index (κ2) is 6.32. The Morgan fingerprint density at radius 3 is 2.68 bits per heavy atom. The number of thiophene rings is 1. The number of amides is 2. The maximum atomic E-state index is 12.2. The van der Waals surface area contributed by atoms with Crippen molar-refractivity contribution in [3.05, 3.63) is 52.2 Å². The van der Waals surface area contributed by atoms with Crippen molar-refractivity contribution in [3.63, 3.8) is 0 Å². The highest BCUT2D eigenvalue weighted by atomic mass is 32.1. The molecule has 2 aromatic rings. The van der Waals surface area contributed by atoms with E-state index in [4.69, 9.17) is 0 Å². The van der Waals surface area contributed by atoms with Crippen LogP contribution < -0.4 is 10.6 Å². The fraction of sp³-hybridized carbons (Fsp3) is 0.294. The summed E-state index contributed by atoms with van der Waals surface area (Å²) >= 11 is 1.39. The predicted molar refractivity (Wildman–Crippen MR) is 88.4 cm³/mol. The van der Waals surface area contributed by atoms with E-state index in [1.165, 1.54) is 24.2 Å². The molecule has 0 bridgehead atoms. The summed E-state index contributed by atoms with van der Waals surface area (Å²) in [6, 6.07) is 10.8. The smallest absolute Gasteiger partial charge is 0.265 e. The van der Waals surface area contributed by atoms with Gasteiger partial charge < -0.3 is 10.6 Å². The van der Waals surface area contributed by atoms with Crippen molar-refractivity contribution in [2.24, 2.45) is 5.92 Å². The summed E-state index contributed by atoms with van der Waals surface area (Å²) in [6.45, 7) is 2.04. The molecule has 114 valence electrons. The minimum absolute atomic E-state index is 0.0911. The molecular weight excluding hydrogens is 296 g/mol. The van der Waals surface area contributed by atoms with E-state index < -0.39 is 0 Å². The predicted octanol–water partition coefficient (Wildman–Crippen LogP) is 3.53. The van der Waals surface area contributed by atoms with Gasteiger partial charge in [-0.3, -0.25) is 9.59 Å². The molecule has 0 aliphatic heterocycles. The van der Waals surface area contributed by atoms with Crippen LogP contribution in [0.25, 0.3) is 0 Å². The number of benzene rings is 1. The van der Waals surface area contributed by atoms with Crippen molar-refractivity contribution >= 4 is 28.8 Å². The lowest BCUT2D eigenvalue weighted by Crippen LogP contribution is -2.34. The maximum Gasteiger partial charge on any atom is 0.265 e. The van der Waals surface area contributed by atoms with Gasteiger partial charge in [0.15, 0.2) is 0 Å². The van der Waals surface area contributed by atoms with Crippen LogP contribution in [0.5, 0.6) is 0 Å². The molecule has 0 spiro atoms. The lowest BCUT2D eigenvalue weighted by atomic mass is 10.1. The Balaban J connectivity index is 1.66. The van der Waals surface area contributed by atoms with Crippen LogP contribution in [0, 0.1) is 5.92 Å². The van der Waals surface area contributed by atoms with Gasteiger partial charge in [-0.1, -0.05) is 12.1 Å². The molecule has 1 saturated carbocycles. The van der Waals surface area contributed by atoms with Gasteiger partial charge in [-0.05, 0) is 55.3 Å². The summed E-state index contributed by atoms with van der Waals surface area (Å²) in [6.07, 6.45) is 2.39. The molecule has 1 aromatic carbocycles. The Hall–Kier alpha value is -2.14. The van der Waals surface area contributed by atoms with Gasteiger partial charge in [-0.25, -0.2) is 0 Å². The topological polar surface area (TPSA) is 58.2 Å². The monoisotopic (exact) mass is 314 g/mol. The molecule has 1 aliphatic rings. The first-order valence-corrected chi connectivity index (χ1v) is 8.27. The zero-order valence-electron chi connectivity index (χ0n) is 12.3. The molecule has 1 atom stereocenters. The average molecular weight is 314 g/mol. The zero-order chi connectivity index (χ0) is 15.5. The van der Waals surface area contributed by atoms with Crippen LogP contribution >= 0.6 is 11.3 Å². The lowest BCUT2D eigenvalue weighted by molar-refractivity contribution is 0.0934. The quantitative estimate of drug-likeness (QED) is 0.887. The number of carbonyl (C=O) groups is 2. The molecule has 3 rings (SSSR count). The Bertz CT molecular complexity index is 678. The van der Waals surface area contributed by atoms with Crippen molar-refractivity contribution in [2.45, 2.75) is 25.8 Å². The summed E-state index contributed by atoms with van der Waals surface area (Å²) in [5.41, 5.74) is 1.20. The van der Waals surface area contributed by atoms with Crippen LogP contribution in [0.4, 0.5) is 5.69 Å².